The zero-order valence-electron chi connectivity index (χ0n) is 12.9. The van der Waals surface area contributed by atoms with Crippen LogP contribution in [0.2, 0.25) is 0 Å². The standard InChI is InChI=1S/C15H22F3NO3/c1-11(13(20)22-2)10-19(14(21)15(16,17)18)9-8-12-6-4-3-5-7-12/h6,11H,3-5,7-10H2,1-2H3. The van der Waals surface area contributed by atoms with E-state index in [-0.39, 0.29) is 13.1 Å². The second-order valence-corrected chi connectivity index (χ2v) is 5.53. The van der Waals surface area contributed by atoms with E-state index in [2.05, 4.69) is 4.74 Å². The highest BCUT2D eigenvalue weighted by molar-refractivity contribution is 5.82. The van der Waals surface area contributed by atoms with E-state index >= 15 is 0 Å². The molecule has 0 aromatic heterocycles. The van der Waals surface area contributed by atoms with Gasteiger partial charge in [-0.15, -0.1) is 0 Å². The summed E-state index contributed by atoms with van der Waals surface area (Å²) < 4.78 is 42.5. The average Bonchev–Trinajstić information content (AvgIpc) is 2.49. The molecule has 1 aliphatic rings. The lowest BCUT2D eigenvalue weighted by Gasteiger charge is -2.26. The number of rotatable bonds is 6. The Bertz CT molecular complexity index is 432. The van der Waals surface area contributed by atoms with Crippen molar-refractivity contribution in [1.82, 2.24) is 4.90 Å². The van der Waals surface area contributed by atoms with Gasteiger partial charge in [0.25, 0.3) is 0 Å². The number of amides is 1. The Kier molecular flexibility index (Phi) is 6.90. The van der Waals surface area contributed by atoms with Crippen LogP contribution >= 0.6 is 0 Å². The number of esters is 1. The van der Waals surface area contributed by atoms with Crippen molar-refractivity contribution >= 4 is 11.9 Å². The summed E-state index contributed by atoms with van der Waals surface area (Å²) in [7, 11) is 1.17. The number of hydrogen-bond donors (Lipinski definition) is 0. The Morgan fingerprint density at radius 1 is 1.36 bits per heavy atom. The Balaban J connectivity index is 2.71. The smallest absolute Gasteiger partial charge is 0.469 e. The van der Waals surface area contributed by atoms with Crippen molar-refractivity contribution in [2.45, 2.75) is 45.2 Å². The van der Waals surface area contributed by atoms with Gasteiger partial charge in [-0.1, -0.05) is 18.6 Å². The highest BCUT2D eigenvalue weighted by Crippen LogP contribution is 2.23. The third kappa shape index (κ3) is 5.69. The summed E-state index contributed by atoms with van der Waals surface area (Å²) >= 11 is 0. The number of carbonyl (C=O) groups excluding carboxylic acids is 2. The molecule has 1 rings (SSSR count). The van der Waals surface area contributed by atoms with Gasteiger partial charge in [0.2, 0.25) is 0 Å². The summed E-state index contributed by atoms with van der Waals surface area (Å²) in [5.74, 6) is -3.33. The molecule has 22 heavy (non-hydrogen) atoms. The van der Waals surface area contributed by atoms with Gasteiger partial charge in [0.1, 0.15) is 0 Å². The fourth-order valence-corrected chi connectivity index (χ4v) is 2.47. The van der Waals surface area contributed by atoms with Gasteiger partial charge in [0.05, 0.1) is 13.0 Å². The van der Waals surface area contributed by atoms with Crippen LogP contribution in [0.1, 0.15) is 39.0 Å². The molecule has 0 spiro atoms. The molecule has 0 aromatic carbocycles. The fourth-order valence-electron chi connectivity index (χ4n) is 2.47. The van der Waals surface area contributed by atoms with Crippen LogP contribution in [0, 0.1) is 5.92 Å². The molecule has 1 amide bonds. The summed E-state index contributed by atoms with van der Waals surface area (Å²) in [6.45, 7) is 1.12. The van der Waals surface area contributed by atoms with Crippen LogP contribution in [0.4, 0.5) is 13.2 Å². The maximum absolute atomic E-state index is 12.7. The number of ether oxygens (including phenoxy) is 1. The van der Waals surface area contributed by atoms with E-state index in [1.165, 1.54) is 14.0 Å². The van der Waals surface area contributed by atoms with Crippen molar-refractivity contribution in [1.29, 1.82) is 0 Å². The Hall–Kier alpha value is -1.53. The van der Waals surface area contributed by atoms with Crippen LogP contribution in [0.5, 0.6) is 0 Å². The van der Waals surface area contributed by atoms with Gasteiger partial charge >= 0.3 is 18.1 Å². The Labute approximate surface area is 128 Å². The number of carbonyl (C=O) groups is 2. The first-order chi connectivity index (χ1) is 10.3. The molecule has 0 saturated heterocycles. The number of nitrogens with zero attached hydrogens (tertiary/aromatic N) is 1. The monoisotopic (exact) mass is 321 g/mol. The Morgan fingerprint density at radius 3 is 2.55 bits per heavy atom. The van der Waals surface area contributed by atoms with Crippen LogP contribution in [0.15, 0.2) is 11.6 Å². The summed E-state index contributed by atoms with van der Waals surface area (Å²) in [4.78, 5) is 23.6. The second-order valence-electron chi connectivity index (χ2n) is 5.53. The van der Waals surface area contributed by atoms with E-state index in [0.29, 0.717) is 11.3 Å². The molecule has 7 heteroatoms. The van der Waals surface area contributed by atoms with Gasteiger partial charge in [-0.25, -0.2) is 0 Å². The van der Waals surface area contributed by atoms with E-state index in [0.717, 1.165) is 31.3 Å². The van der Waals surface area contributed by atoms with Gasteiger partial charge in [-0.05, 0) is 32.1 Å². The van der Waals surface area contributed by atoms with Crippen molar-refractivity contribution in [2.24, 2.45) is 5.92 Å². The highest BCUT2D eigenvalue weighted by Gasteiger charge is 2.43. The zero-order chi connectivity index (χ0) is 16.8. The lowest BCUT2D eigenvalue weighted by Crippen LogP contribution is -2.45. The molecular formula is C15H22F3NO3. The minimum Gasteiger partial charge on any atom is -0.469 e. The third-order valence-corrected chi connectivity index (χ3v) is 3.72. The van der Waals surface area contributed by atoms with Crippen LogP contribution in [-0.2, 0) is 14.3 Å². The molecule has 0 aliphatic heterocycles. The van der Waals surface area contributed by atoms with Crippen LogP contribution in [0.3, 0.4) is 0 Å². The summed E-state index contributed by atoms with van der Waals surface area (Å²) in [6, 6.07) is 0. The number of methoxy groups -OCH3 is 1. The molecule has 0 saturated carbocycles. The summed E-state index contributed by atoms with van der Waals surface area (Å²) in [5.41, 5.74) is 1.08. The topological polar surface area (TPSA) is 46.6 Å². The van der Waals surface area contributed by atoms with Crippen molar-refractivity contribution in [3.63, 3.8) is 0 Å². The number of alkyl halides is 3. The SMILES string of the molecule is COC(=O)C(C)CN(CCC1=CCCCC1)C(=O)C(F)(F)F. The van der Waals surface area contributed by atoms with E-state index in [4.69, 9.17) is 0 Å². The first-order valence-corrected chi connectivity index (χ1v) is 7.37. The highest BCUT2D eigenvalue weighted by atomic mass is 19.4. The molecule has 1 atom stereocenters. The zero-order valence-corrected chi connectivity index (χ0v) is 12.9. The first kappa shape index (κ1) is 18.5. The predicted molar refractivity (Wildman–Crippen MR) is 75.0 cm³/mol. The third-order valence-electron chi connectivity index (χ3n) is 3.72. The minimum atomic E-state index is -4.93. The minimum absolute atomic E-state index is 0.0362. The largest absolute Gasteiger partial charge is 0.471 e. The molecule has 0 heterocycles. The molecule has 0 radical (unpaired) electrons. The lowest BCUT2D eigenvalue weighted by molar-refractivity contribution is -0.186. The molecule has 1 aliphatic carbocycles. The molecule has 1 unspecified atom stereocenters. The summed E-state index contributed by atoms with van der Waals surface area (Å²) in [5, 5.41) is 0. The Morgan fingerprint density at radius 2 is 2.05 bits per heavy atom. The molecule has 0 aromatic rings. The quantitative estimate of drug-likeness (QED) is 0.558. The lowest BCUT2D eigenvalue weighted by atomic mass is 9.97. The fraction of sp³-hybridized carbons (Fsp3) is 0.733. The van der Waals surface area contributed by atoms with Crippen LogP contribution < -0.4 is 0 Å². The van der Waals surface area contributed by atoms with Crippen molar-refractivity contribution in [3.8, 4) is 0 Å². The molecule has 4 nitrogen and oxygen atoms in total. The number of hydrogen-bond acceptors (Lipinski definition) is 3. The first-order valence-electron chi connectivity index (χ1n) is 7.37. The van der Waals surface area contributed by atoms with Gasteiger partial charge in [-0.2, -0.15) is 13.2 Å². The van der Waals surface area contributed by atoms with Crippen molar-refractivity contribution in [3.05, 3.63) is 11.6 Å². The molecule has 0 bridgehead atoms. The second kappa shape index (κ2) is 8.19. The van der Waals surface area contributed by atoms with Crippen molar-refractivity contribution in [2.75, 3.05) is 20.2 Å². The average molecular weight is 321 g/mol. The van der Waals surface area contributed by atoms with Gasteiger partial charge in [-0.3, -0.25) is 9.59 Å². The maximum atomic E-state index is 12.7. The molecular weight excluding hydrogens is 299 g/mol. The van der Waals surface area contributed by atoms with E-state index < -0.39 is 24.0 Å². The normalized spacial score (nSPS) is 16.7. The van der Waals surface area contributed by atoms with E-state index in [1.807, 2.05) is 6.08 Å². The predicted octanol–water partition coefficient (Wildman–Crippen LogP) is 3.08. The van der Waals surface area contributed by atoms with E-state index in [9.17, 15) is 22.8 Å². The molecule has 0 N–H and O–H groups in total. The van der Waals surface area contributed by atoms with E-state index in [1.54, 1.807) is 0 Å². The van der Waals surface area contributed by atoms with Crippen LogP contribution in [-0.4, -0.2) is 43.2 Å². The van der Waals surface area contributed by atoms with Gasteiger partial charge in [0, 0.05) is 13.1 Å². The maximum Gasteiger partial charge on any atom is 0.471 e. The summed E-state index contributed by atoms with van der Waals surface area (Å²) in [6.07, 6.45) is 1.42. The number of allylic oxidation sites excluding steroid dienone is 1. The molecule has 0 fully saturated rings. The molecule has 126 valence electrons. The van der Waals surface area contributed by atoms with Gasteiger partial charge in [0.15, 0.2) is 0 Å². The number of halogens is 3. The van der Waals surface area contributed by atoms with Crippen molar-refractivity contribution < 1.29 is 27.5 Å². The van der Waals surface area contributed by atoms with Gasteiger partial charge < -0.3 is 9.64 Å². The van der Waals surface area contributed by atoms with Crippen LogP contribution in [0.25, 0.3) is 0 Å².